The molecule has 0 radical (unpaired) electrons. The highest BCUT2D eigenvalue weighted by molar-refractivity contribution is 9.10. The Morgan fingerprint density at radius 3 is 2.83 bits per heavy atom. The Balaban J connectivity index is 2.33. The van der Waals surface area contributed by atoms with Crippen LogP contribution in [0.2, 0.25) is 0 Å². The van der Waals surface area contributed by atoms with E-state index < -0.39 is 0 Å². The number of para-hydroxylation sites is 1. The molecule has 2 heterocycles. The third kappa shape index (κ3) is 1.67. The lowest BCUT2D eigenvalue weighted by atomic mass is 10.1. The number of rotatable bonds is 2. The first-order chi connectivity index (χ1) is 8.70. The number of hydrogen-bond acceptors (Lipinski definition) is 2. The van der Waals surface area contributed by atoms with Crippen LogP contribution >= 0.6 is 15.9 Å². The molecular formula is C13H13BrN4. The van der Waals surface area contributed by atoms with Crippen LogP contribution in [-0.2, 0) is 6.54 Å². The van der Waals surface area contributed by atoms with Gasteiger partial charge in [-0.1, -0.05) is 18.2 Å². The Bertz CT molecular complexity index is 711. The molecule has 0 saturated heterocycles. The minimum Gasteiger partial charge on any atom is -0.358 e. The van der Waals surface area contributed by atoms with Crippen molar-refractivity contribution in [2.24, 2.45) is 5.73 Å². The van der Waals surface area contributed by atoms with Crippen molar-refractivity contribution in [3.8, 4) is 11.3 Å². The SMILES string of the molecule is Cc1[nH]c2ccccc2c1-c1nc(Br)[nH]c1CN. The molecule has 3 rings (SSSR count). The van der Waals surface area contributed by atoms with Gasteiger partial charge >= 0.3 is 0 Å². The van der Waals surface area contributed by atoms with Crippen molar-refractivity contribution >= 4 is 26.8 Å². The van der Waals surface area contributed by atoms with Crippen molar-refractivity contribution in [2.75, 3.05) is 0 Å². The number of benzene rings is 1. The van der Waals surface area contributed by atoms with Gasteiger partial charge in [0.25, 0.3) is 0 Å². The summed E-state index contributed by atoms with van der Waals surface area (Å²) >= 11 is 3.37. The number of nitrogens with two attached hydrogens (primary N) is 1. The molecule has 18 heavy (non-hydrogen) atoms. The zero-order valence-electron chi connectivity index (χ0n) is 9.92. The summed E-state index contributed by atoms with van der Waals surface area (Å²) in [5, 5.41) is 1.17. The van der Waals surface area contributed by atoms with Crippen molar-refractivity contribution in [3.05, 3.63) is 40.4 Å². The smallest absolute Gasteiger partial charge is 0.175 e. The first-order valence-electron chi connectivity index (χ1n) is 5.73. The standard InChI is InChI=1S/C13H13BrN4/c1-7-11(8-4-2-3-5-9(8)16-7)12-10(6-15)17-13(14)18-12/h2-5,16H,6,15H2,1H3,(H,17,18). The van der Waals surface area contributed by atoms with Gasteiger partial charge in [-0.2, -0.15) is 0 Å². The Morgan fingerprint density at radius 2 is 2.06 bits per heavy atom. The highest BCUT2D eigenvalue weighted by atomic mass is 79.9. The molecule has 0 spiro atoms. The molecule has 0 atom stereocenters. The maximum atomic E-state index is 5.76. The fraction of sp³-hybridized carbons (Fsp3) is 0.154. The van der Waals surface area contributed by atoms with E-state index in [9.17, 15) is 0 Å². The highest BCUT2D eigenvalue weighted by Gasteiger charge is 2.16. The summed E-state index contributed by atoms with van der Waals surface area (Å²) in [6, 6.07) is 8.21. The molecule has 0 amide bonds. The molecule has 5 heteroatoms. The normalized spacial score (nSPS) is 11.3. The molecule has 0 aliphatic heterocycles. The molecule has 4 N–H and O–H groups in total. The van der Waals surface area contributed by atoms with Crippen LogP contribution in [0.4, 0.5) is 0 Å². The van der Waals surface area contributed by atoms with Crippen LogP contribution in [0.5, 0.6) is 0 Å². The van der Waals surface area contributed by atoms with Crippen LogP contribution in [0.1, 0.15) is 11.4 Å². The molecule has 0 aliphatic rings. The number of aromatic nitrogens is 3. The maximum absolute atomic E-state index is 5.76. The second kappa shape index (κ2) is 4.26. The average molecular weight is 305 g/mol. The number of aromatic amines is 2. The first kappa shape index (κ1) is 11.5. The zero-order valence-corrected chi connectivity index (χ0v) is 11.5. The third-order valence-corrected chi connectivity index (χ3v) is 3.46. The molecule has 92 valence electrons. The predicted octanol–water partition coefficient (Wildman–Crippen LogP) is 3.09. The fourth-order valence-corrected chi connectivity index (χ4v) is 2.73. The molecule has 0 bridgehead atoms. The van der Waals surface area contributed by atoms with Crippen molar-refractivity contribution in [1.82, 2.24) is 15.0 Å². The monoisotopic (exact) mass is 304 g/mol. The zero-order chi connectivity index (χ0) is 12.7. The molecule has 0 fully saturated rings. The number of halogens is 1. The lowest BCUT2D eigenvalue weighted by Gasteiger charge is -2.00. The van der Waals surface area contributed by atoms with Crippen LogP contribution in [0.15, 0.2) is 29.0 Å². The predicted molar refractivity (Wildman–Crippen MR) is 76.2 cm³/mol. The van der Waals surface area contributed by atoms with Crippen LogP contribution in [-0.4, -0.2) is 15.0 Å². The molecule has 0 unspecified atom stereocenters. The van der Waals surface area contributed by atoms with Crippen LogP contribution in [0.3, 0.4) is 0 Å². The molecular weight excluding hydrogens is 292 g/mol. The molecule has 4 nitrogen and oxygen atoms in total. The Labute approximate surface area is 113 Å². The van der Waals surface area contributed by atoms with Gasteiger partial charge in [0.05, 0.1) is 11.4 Å². The van der Waals surface area contributed by atoms with Gasteiger partial charge in [-0.15, -0.1) is 0 Å². The summed E-state index contributed by atoms with van der Waals surface area (Å²) in [4.78, 5) is 11.0. The molecule has 3 aromatic rings. The Kier molecular flexibility index (Phi) is 2.72. The highest BCUT2D eigenvalue weighted by Crippen LogP contribution is 2.33. The second-order valence-electron chi connectivity index (χ2n) is 4.23. The maximum Gasteiger partial charge on any atom is 0.175 e. The van der Waals surface area contributed by atoms with E-state index in [-0.39, 0.29) is 0 Å². The van der Waals surface area contributed by atoms with Gasteiger partial charge in [0.2, 0.25) is 0 Å². The fourth-order valence-electron chi connectivity index (χ4n) is 2.31. The number of nitrogens with one attached hydrogen (secondary N) is 2. The number of H-pyrrole nitrogens is 2. The van der Waals surface area contributed by atoms with Crippen molar-refractivity contribution in [3.63, 3.8) is 0 Å². The number of nitrogens with zero attached hydrogens (tertiary/aromatic N) is 1. The largest absolute Gasteiger partial charge is 0.358 e. The van der Waals surface area contributed by atoms with E-state index >= 15 is 0 Å². The lowest BCUT2D eigenvalue weighted by Crippen LogP contribution is -1.98. The Morgan fingerprint density at radius 1 is 1.28 bits per heavy atom. The summed E-state index contributed by atoms with van der Waals surface area (Å²) in [5.41, 5.74) is 11.0. The van der Waals surface area contributed by atoms with Gasteiger partial charge in [0, 0.05) is 28.7 Å². The topological polar surface area (TPSA) is 70.5 Å². The summed E-state index contributed by atoms with van der Waals surface area (Å²) in [7, 11) is 0. The van der Waals surface area contributed by atoms with E-state index in [2.05, 4.69) is 49.9 Å². The van der Waals surface area contributed by atoms with Crippen LogP contribution in [0.25, 0.3) is 22.2 Å². The molecule has 1 aromatic carbocycles. The van der Waals surface area contributed by atoms with Crippen molar-refractivity contribution in [1.29, 1.82) is 0 Å². The molecule has 0 saturated carbocycles. The third-order valence-electron chi connectivity index (χ3n) is 3.08. The van der Waals surface area contributed by atoms with Crippen LogP contribution in [0, 0.1) is 6.92 Å². The van der Waals surface area contributed by atoms with E-state index in [0.717, 1.165) is 28.2 Å². The van der Waals surface area contributed by atoms with Crippen molar-refractivity contribution in [2.45, 2.75) is 13.5 Å². The number of aryl methyl sites for hydroxylation is 1. The van der Waals surface area contributed by atoms with E-state index in [1.54, 1.807) is 0 Å². The van der Waals surface area contributed by atoms with Crippen LogP contribution < -0.4 is 5.73 Å². The van der Waals surface area contributed by atoms with E-state index in [0.29, 0.717) is 11.3 Å². The summed E-state index contributed by atoms with van der Waals surface area (Å²) in [6.45, 7) is 2.49. The summed E-state index contributed by atoms with van der Waals surface area (Å²) in [6.07, 6.45) is 0. The van der Waals surface area contributed by atoms with Gasteiger partial charge < -0.3 is 15.7 Å². The van der Waals surface area contributed by atoms with Gasteiger partial charge in [-0.05, 0) is 28.9 Å². The number of fused-ring (bicyclic) bond motifs is 1. The van der Waals surface area contributed by atoms with Gasteiger partial charge in [-0.25, -0.2) is 4.98 Å². The minimum absolute atomic E-state index is 0.437. The lowest BCUT2D eigenvalue weighted by molar-refractivity contribution is 1.01. The van der Waals surface area contributed by atoms with E-state index in [1.165, 1.54) is 5.39 Å². The van der Waals surface area contributed by atoms with Gasteiger partial charge in [0.1, 0.15) is 0 Å². The van der Waals surface area contributed by atoms with Gasteiger partial charge in [-0.3, -0.25) is 0 Å². The second-order valence-corrected chi connectivity index (χ2v) is 4.98. The minimum atomic E-state index is 0.437. The summed E-state index contributed by atoms with van der Waals surface area (Å²) in [5.74, 6) is 0. The average Bonchev–Trinajstić information content (AvgIpc) is 2.87. The number of imidazole rings is 1. The quantitative estimate of drug-likeness (QED) is 0.681. The van der Waals surface area contributed by atoms with E-state index in [4.69, 9.17) is 5.73 Å². The number of hydrogen-bond donors (Lipinski definition) is 3. The Hall–Kier alpha value is -1.59. The van der Waals surface area contributed by atoms with Crippen molar-refractivity contribution < 1.29 is 0 Å². The molecule has 0 aliphatic carbocycles. The summed E-state index contributed by atoms with van der Waals surface area (Å²) < 4.78 is 0.711. The first-order valence-corrected chi connectivity index (χ1v) is 6.52. The molecule has 2 aromatic heterocycles. The van der Waals surface area contributed by atoms with Gasteiger partial charge in [0.15, 0.2) is 4.73 Å². The van der Waals surface area contributed by atoms with E-state index in [1.807, 2.05) is 12.1 Å².